The van der Waals surface area contributed by atoms with Gasteiger partial charge >= 0.3 is 0 Å². The van der Waals surface area contributed by atoms with E-state index in [2.05, 4.69) is 20.7 Å². The molecule has 2 aromatic heterocycles. The summed E-state index contributed by atoms with van der Waals surface area (Å²) in [6.45, 7) is 6.05. The van der Waals surface area contributed by atoms with E-state index in [1.54, 1.807) is 4.52 Å². The number of carbonyl (C=O) groups is 3. The first-order chi connectivity index (χ1) is 15.3. The summed E-state index contributed by atoms with van der Waals surface area (Å²) in [5.41, 5.74) is 10.2. The second-order valence-electron chi connectivity index (χ2n) is 7.69. The van der Waals surface area contributed by atoms with E-state index in [0.29, 0.717) is 25.0 Å². The van der Waals surface area contributed by atoms with Crippen LogP contribution in [0.2, 0.25) is 0 Å². The van der Waals surface area contributed by atoms with Gasteiger partial charge in [-0.15, -0.1) is 0 Å². The van der Waals surface area contributed by atoms with Gasteiger partial charge in [-0.3, -0.25) is 14.4 Å². The van der Waals surface area contributed by atoms with Crippen LogP contribution in [-0.4, -0.2) is 32.3 Å². The Kier molecular flexibility index (Phi) is 7.19. The van der Waals surface area contributed by atoms with Gasteiger partial charge in [-0.1, -0.05) is 19.1 Å². The number of amides is 3. The number of benzene rings is 1. The summed E-state index contributed by atoms with van der Waals surface area (Å²) in [6.07, 6.45) is 3.45. The van der Waals surface area contributed by atoms with E-state index in [0.717, 1.165) is 34.6 Å². The minimum absolute atomic E-state index is 0.0230. The Balaban J connectivity index is 1.60. The number of nitrogens with zero attached hydrogens (tertiary/aromatic N) is 3. The van der Waals surface area contributed by atoms with Gasteiger partial charge < -0.3 is 16.4 Å². The van der Waals surface area contributed by atoms with Gasteiger partial charge in [0.25, 0.3) is 5.91 Å². The summed E-state index contributed by atoms with van der Waals surface area (Å²) in [7, 11) is 0. The van der Waals surface area contributed by atoms with Crippen LogP contribution in [0.15, 0.2) is 30.5 Å². The third kappa shape index (κ3) is 5.29. The number of primary amides is 1. The maximum absolute atomic E-state index is 12.4. The van der Waals surface area contributed by atoms with Crippen molar-refractivity contribution in [2.75, 3.05) is 5.32 Å². The second-order valence-corrected chi connectivity index (χ2v) is 7.69. The van der Waals surface area contributed by atoms with Gasteiger partial charge in [0.05, 0.1) is 6.20 Å². The molecule has 3 rings (SSSR count). The quantitative estimate of drug-likeness (QED) is 0.474. The highest BCUT2D eigenvalue weighted by Crippen LogP contribution is 2.18. The molecule has 0 atom stereocenters. The molecule has 0 fully saturated rings. The molecule has 0 saturated heterocycles. The minimum Gasteiger partial charge on any atom is -0.365 e. The SMILES string of the molecule is CCCC(=O)Nc1cccc(CNC(=O)CCc2c(C)nc3c(C(N)=O)cnn3c2C)c1. The molecule has 1 aromatic carbocycles. The standard InChI is InChI=1S/C23H28N6O3/c1-4-6-21(31)28-17-8-5-7-16(11-17)12-25-20(30)10-9-18-14(2)27-23-19(22(24)32)13-26-29(23)15(18)3/h5,7-8,11,13H,4,6,9-10,12H2,1-3H3,(H2,24,32)(H,25,30)(H,28,31). The normalized spacial score (nSPS) is 10.8. The van der Waals surface area contributed by atoms with Gasteiger partial charge in [0.2, 0.25) is 11.8 Å². The summed E-state index contributed by atoms with van der Waals surface area (Å²) >= 11 is 0. The Labute approximate surface area is 186 Å². The third-order valence-corrected chi connectivity index (χ3v) is 5.25. The van der Waals surface area contributed by atoms with Crippen LogP contribution >= 0.6 is 0 Å². The summed E-state index contributed by atoms with van der Waals surface area (Å²) in [4.78, 5) is 40.2. The lowest BCUT2D eigenvalue weighted by Crippen LogP contribution is -2.23. The molecule has 0 bridgehead atoms. The molecular weight excluding hydrogens is 408 g/mol. The number of hydrogen-bond donors (Lipinski definition) is 3. The molecule has 0 radical (unpaired) electrons. The van der Waals surface area contributed by atoms with Crippen LogP contribution in [-0.2, 0) is 22.6 Å². The Morgan fingerprint density at radius 2 is 1.91 bits per heavy atom. The average molecular weight is 437 g/mol. The summed E-state index contributed by atoms with van der Waals surface area (Å²) < 4.78 is 1.58. The summed E-state index contributed by atoms with van der Waals surface area (Å²) in [6, 6.07) is 7.43. The Bertz CT molecular complexity index is 1170. The lowest BCUT2D eigenvalue weighted by atomic mass is 10.1. The number of carbonyl (C=O) groups excluding carboxylic acids is 3. The van der Waals surface area contributed by atoms with Crippen LogP contribution in [0.25, 0.3) is 5.65 Å². The molecular formula is C23H28N6O3. The van der Waals surface area contributed by atoms with E-state index >= 15 is 0 Å². The fourth-order valence-electron chi connectivity index (χ4n) is 3.58. The first kappa shape index (κ1) is 22.9. The molecule has 2 heterocycles. The van der Waals surface area contributed by atoms with Crippen molar-refractivity contribution in [2.45, 2.75) is 53.0 Å². The Morgan fingerprint density at radius 3 is 2.62 bits per heavy atom. The van der Waals surface area contributed by atoms with Crippen molar-refractivity contribution in [3.8, 4) is 0 Å². The molecule has 3 amide bonds. The number of nitrogens with one attached hydrogen (secondary N) is 2. The molecule has 9 nitrogen and oxygen atoms in total. The van der Waals surface area contributed by atoms with Crippen LogP contribution in [0, 0.1) is 13.8 Å². The number of rotatable bonds is 9. The number of nitrogens with two attached hydrogens (primary N) is 1. The molecule has 32 heavy (non-hydrogen) atoms. The largest absolute Gasteiger partial charge is 0.365 e. The highest BCUT2D eigenvalue weighted by atomic mass is 16.2. The average Bonchev–Trinajstić information content (AvgIpc) is 3.16. The smallest absolute Gasteiger partial charge is 0.254 e. The predicted molar refractivity (Wildman–Crippen MR) is 121 cm³/mol. The number of hydrogen-bond acceptors (Lipinski definition) is 5. The summed E-state index contributed by atoms with van der Waals surface area (Å²) in [5, 5.41) is 9.98. The molecule has 3 aromatic rings. The van der Waals surface area contributed by atoms with Crippen LogP contribution in [0.3, 0.4) is 0 Å². The van der Waals surface area contributed by atoms with E-state index in [4.69, 9.17) is 5.73 Å². The molecule has 168 valence electrons. The van der Waals surface area contributed by atoms with Crippen molar-refractivity contribution >= 4 is 29.1 Å². The van der Waals surface area contributed by atoms with Gasteiger partial charge in [-0.2, -0.15) is 5.10 Å². The fourth-order valence-corrected chi connectivity index (χ4v) is 3.58. The zero-order chi connectivity index (χ0) is 23.3. The minimum atomic E-state index is -0.576. The van der Waals surface area contributed by atoms with Crippen LogP contribution < -0.4 is 16.4 Å². The van der Waals surface area contributed by atoms with E-state index in [1.165, 1.54) is 6.20 Å². The van der Waals surface area contributed by atoms with Gasteiger partial charge in [-0.25, -0.2) is 9.50 Å². The molecule has 0 aliphatic rings. The fraction of sp³-hybridized carbons (Fsp3) is 0.348. The van der Waals surface area contributed by atoms with Crippen molar-refractivity contribution in [2.24, 2.45) is 5.73 Å². The third-order valence-electron chi connectivity index (χ3n) is 5.25. The van der Waals surface area contributed by atoms with Crippen molar-refractivity contribution in [1.82, 2.24) is 19.9 Å². The van der Waals surface area contributed by atoms with Crippen molar-refractivity contribution in [3.05, 3.63) is 58.5 Å². The monoisotopic (exact) mass is 436 g/mol. The van der Waals surface area contributed by atoms with Crippen LogP contribution in [0.5, 0.6) is 0 Å². The molecule has 0 aliphatic carbocycles. The maximum Gasteiger partial charge on any atom is 0.254 e. The molecule has 4 N–H and O–H groups in total. The van der Waals surface area contributed by atoms with E-state index < -0.39 is 5.91 Å². The molecule has 9 heteroatoms. The Morgan fingerprint density at radius 1 is 1.12 bits per heavy atom. The lowest BCUT2D eigenvalue weighted by molar-refractivity contribution is -0.121. The zero-order valence-corrected chi connectivity index (χ0v) is 18.6. The van der Waals surface area contributed by atoms with Crippen molar-refractivity contribution in [1.29, 1.82) is 0 Å². The predicted octanol–water partition coefficient (Wildman–Crippen LogP) is 2.43. The van der Waals surface area contributed by atoms with Crippen LogP contribution in [0.1, 0.15) is 59.1 Å². The summed E-state index contributed by atoms with van der Waals surface area (Å²) in [5.74, 6) is -0.694. The topological polar surface area (TPSA) is 131 Å². The van der Waals surface area contributed by atoms with Gasteiger partial charge in [-0.05, 0) is 49.9 Å². The van der Waals surface area contributed by atoms with Crippen molar-refractivity contribution in [3.63, 3.8) is 0 Å². The van der Waals surface area contributed by atoms with Crippen LogP contribution in [0.4, 0.5) is 5.69 Å². The Hall–Kier alpha value is -3.75. The molecule has 0 aliphatic heterocycles. The lowest BCUT2D eigenvalue weighted by Gasteiger charge is -2.12. The van der Waals surface area contributed by atoms with Gasteiger partial charge in [0.1, 0.15) is 5.56 Å². The van der Waals surface area contributed by atoms with E-state index in [-0.39, 0.29) is 23.8 Å². The number of aryl methyl sites for hydroxylation is 2. The highest BCUT2D eigenvalue weighted by Gasteiger charge is 2.17. The van der Waals surface area contributed by atoms with E-state index in [1.807, 2.05) is 45.0 Å². The molecule has 0 unspecified atom stereocenters. The highest BCUT2D eigenvalue weighted by molar-refractivity contribution is 5.98. The van der Waals surface area contributed by atoms with Crippen molar-refractivity contribution < 1.29 is 14.4 Å². The molecule has 0 spiro atoms. The zero-order valence-electron chi connectivity index (χ0n) is 18.6. The number of fused-ring (bicyclic) bond motifs is 1. The first-order valence-corrected chi connectivity index (χ1v) is 10.6. The first-order valence-electron chi connectivity index (χ1n) is 10.6. The number of anilines is 1. The maximum atomic E-state index is 12.4. The number of aromatic nitrogens is 3. The van der Waals surface area contributed by atoms with E-state index in [9.17, 15) is 14.4 Å². The molecule has 0 saturated carbocycles. The second kappa shape index (κ2) is 10.0. The van der Waals surface area contributed by atoms with Gasteiger partial charge in [0, 0.05) is 36.5 Å². The van der Waals surface area contributed by atoms with Gasteiger partial charge in [0.15, 0.2) is 5.65 Å².